The normalized spacial score (nSPS) is 10.9. The third kappa shape index (κ3) is 5.82. The largest absolute Gasteiger partial charge is 0.473 e. The van der Waals surface area contributed by atoms with Gasteiger partial charge in [0.2, 0.25) is 5.88 Å². The minimum absolute atomic E-state index is 0.0464. The van der Waals surface area contributed by atoms with Gasteiger partial charge in [-0.05, 0) is 48.9 Å². The fraction of sp³-hybridized carbons (Fsp3) is 0.214. The molecule has 0 aliphatic rings. The Labute approximate surface area is 229 Å². The Morgan fingerprint density at radius 2 is 1.71 bits per heavy atom. The minimum Gasteiger partial charge on any atom is -0.473 e. The predicted octanol–water partition coefficient (Wildman–Crippen LogP) is 7.09. The van der Waals surface area contributed by atoms with Crippen LogP contribution in [0.2, 0.25) is 10.0 Å². The first-order valence-corrected chi connectivity index (χ1v) is 12.5. The third-order valence-corrected chi connectivity index (χ3v) is 6.44. The van der Waals surface area contributed by atoms with Crippen molar-refractivity contribution in [2.75, 3.05) is 12.4 Å². The van der Waals surface area contributed by atoms with Crippen LogP contribution in [-0.4, -0.2) is 29.1 Å². The number of anilines is 1. The van der Waals surface area contributed by atoms with E-state index in [1.54, 1.807) is 36.4 Å². The van der Waals surface area contributed by atoms with E-state index in [0.29, 0.717) is 49.8 Å². The summed E-state index contributed by atoms with van der Waals surface area (Å²) >= 11 is 12.8. The number of benzene rings is 2. The van der Waals surface area contributed by atoms with E-state index in [-0.39, 0.29) is 18.4 Å². The summed E-state index contributed by atoms with van der Waals surface area (Å²) in [6.07, 6.45) is 1.52. The Morgan fingerprint density at radius 3 is 2.32 bits per heavy atom. The molecule has 0 saturated carbocycles. The van der Waals surface area contributed by atoms with Crippen LogP contribution in [-0.2, 0) is 11.3 Å². The van der Waals surface area contributed by atoms with Gasteiger partial charge in [0.15, 0.2) is 0 Å². The molecule has 0 atom stereocenters. The van der Waals surface area contributed by atoms with Gasteiger partial charge in [-0.2, -0.15) is 0 Å². The average Bonchev–Trinajstić information content (AvgIpc) is 3.32. The molecule has 0 spiro atoms. The first-order valence-electron chi connectivity index (χ1n) is 11.7. The molecule has 0 aliphatic heterocycles. The molecule has 8 nitrogen and oxygen atoms in total. The van der Waals surface area contributed by atoms with Gasteiger partial charge in [-0.3, -0.25) is 4.79 Å². The maximum absolute atomic E-state index is 12.7. The molecule has 0 fully saturated rings. The monoisotopic (exact) mass is 553 g/mol. The number of halogens is 2. The van der Waals surface area contributed by atoms with Crippen LogP contribution in [0.15, 0.2) is 59.3 Å². The molecule has 1 N–H and O–H groups in total. The second kappa shape index (κ2) is 11.7. The second-order valence-corrected chi connectivity index (χ2v) is 9.59. The van der Waals surface area contributed by atoms with E-state index in [0.717, 1.165) is 11.1 Å². The molecule has 4 aromatic rings. The Bertz CT molecular complexity index is 1460. The first-order chi connectivity index (χ1) is 18.2. The lowest BCUT2D eigenvalue weighted by Crippen LogP contribution is -2.13. The van der Waals surface area contributed by atoms with Crippen LogP contribution in [0.4, 0.5) is 5.69 Å². The number of ether oxygens (including phenoxy) is 2. The smallest absolute Gasteiger partial charge is 0.337 e. The number of nitrogens with one attached hydrogen (secondary N) is 1. The third-order valence-electron chi connectivity index (χ3n) is 5.81. The molecule has 196 valence electrons. The van der Waals surface area contributed by atoms with Crippen molar-refractivity contribution in [3.63, 3.8) is 0 Å². The lowest BCUT2D eigenvalue weighted by molar-refractivity contribution is 0.0600. The molecule has 4 rings (SSSR count). The van der Waals surface area contributed by atoms with Gasteiger partial charge in [-0.15, -0.1) is 0 Å². The number of pyridine rings is 1. The summed E-state index contributed by atoms with van der Waals surface area (Å²) in [5.74, 6) is 0.253. The number of carbonyl (C=O) groups is 2. The molecule has 0 unspecified atom stereocenters. The average molecular weight is 554 g/mol. The van der Waals surface area contributed by atoms with Crippen molar-refractivity contribution in [1.82, 2.24) is 10.1 Å². The first kappa shape index (κ1) is 27.2. The highest BCUT2D eigenvalue weighted by Crippen LogP contribution is 2.38. The Kier molecular flexibility index (Phi) is 8.34. The van der Waals surface area contributed by atoms with Gasteiger partial charge in [0, 0.05) is 23.1 Å². The maximum Gasteiger partial charge on any atom is 0.337 e. The molecular weight excluding hydrogens is 529 g/mol. The molecule has 2 aromatic heterocycles. The van der Waals surface area contributed by atoms with Gasteiger partial charge in [0.05, 0.1) is 40.2 Å². The molecule has 2 heterocycles. The predicted molar refractivity (Wildman–Crippen MR) is 145 cm³/mol. The zero-order chi connectivity index (χ0) is 27.4. The van der Waals surface area contributed by atoms with Gasteiger partial charge < -0.3 is 19.3 Å². The zero-order valence-electron chi connectivity index (χ0n) is 21.2. The number of carbonyl (C=O) groups excluding carboxylic acids is 2. The van der Waals surface area contributed by atoms with Crippen LogP contribution in [0.25, 0.3) is 11.3 Å². The van der Waals surface area contributed by atoms with Crippen molar-refractivity contribution in [2.24, 2.45) is 0 Å². The van der Waals surface area contributed by atoms with Crippen molar-refractivity contribution < 1.29 is 23.6 Å². The van der Waals surface area contributed by atoms with E-state index >= 15 is 0 Å². The Morgan fingerprint density at radius 1 is 1.05 bits per heavy atom. The number of esters is 1. The van der Waals surface area contributed by atoms with Crippen LogP contribution in [0, 0.1) is 6.92 Å². The van der Waals surface area contributed by atoms with Crippen LogP contribution < -0.4 is 10.1 Å². The summed E-state index contributed by atoms with van der Waals surface area (Å²) in [7, 11) is 1.30. The number of nitrogens with zero attached hydrogens (tertiary/aromatic N) is 2. The molecule has 0 saturated heterocycles. The van der Waals surface area contributed by atoms with E-state index in [9.17, 15) is 9.59 Å². The van der Waals surface area contributed by atoms with Crippen molar-refractivity contribution in [3.8, 4) is 17.1 Å². The highest BCUT2D eigenvalue weighted by atomic mass is 35.5. The zero-order valence-corrected chi connectivity index (χ0v) is 22.7. The summed E-state index contributed by atoms with van der Waals surface area (Å²) in [5.41, 5.74) is 3.83. The SMILES string of the molecule is COC(=O)c1ccc(C(=O)Nc2cnc(OCc3c(-c4c(Cl)cccc4Cl)noc3C(C)C)cc2C)cc1. The number of aryl methyl sites for hydroxylation is 1. The van der Waals surface area contributed by atoms with Crippen LogP contribution in [0.5, 0.6) is 5.88 Å². The van der Waals surface area contributed by atoms with E-state index in [1.165, 1.54) is 25.4 Å². The molecule has 0 bridgehead atoms. The highest BCUT2D eigenvalue weighted by Gasteiger charge is 2.24. The number of hydrogen-bond acceptors (Lipinski definition) is 7. The van der Waals surface area contributed by atoms with E-state index in [1.807, 2.05) is 20.8 Å². The summed E-state index contributed by atoms with van der Waals surface area (Å²) in [6, 6.07) is 13.1. The maximum atomic E-state index is 12.7. The van der Waals surface area contributed by atoms with Crippen molar-refractivity contribution in [2.45, 2.75) is 33.3 Å². The van der Waals surface area contributed by atoms with Crippen molar-refractivity contribution in [1.29, 1.82) is 0 Å². The van der Waals surface area contributed by atoms with Crippen LogP contribution in [0.3, 0.4) is 0 Å². The van der Waals surface area contributed by atoms with E-state index < -0.39 is 5.97 Å². The van der Waals surface area contributed by atoms with Gasteiger partial charge in [0.1, 0.15) is 18.1 Å². The molecule has 1 amide bonds. The molecule has 2 aromatic carbocycles. The standard InChI is InChI=1S/C28H25Cl2N3O5/c1-15(2)26-19(25(33-38-26)24-20(29)6-5-7-21(24)30)14-37-23-12-16(3)22(13-31-23)32-27(34)17-8-10-18(11-9-17)28(35)36-4/h5-13,15H,14H2,1-4H3,(H,32,34). The van der Waals surface area contributed by atoms with Crippen LogP contribution >= 0.6 is 23.2 Å². The number of amides is 1. The highest BCUT2D eigenvalue weighted by molar-refractivity contribution is 6.39. The van der Waals surface area contributed by atoms with Crippen molar-refractivity contribution in [3.05, 3.63) is 92.8 Å². The van der Waals surface area contributed by atoms with E-state index in [4.69, 9.17) is 32.5 Å². The van der Waals surface area contributed by atoms with Gasteiger partial charge in [-0.1, -0.05) is 48.3 Å². The molecule has 38 heavy (non-hydrogen) atoms. The summed E-state index contributed by atoms with van der Waals surface area (Å²) < 4.78 is 16.3. The summed E-state index contributed by atoms with van der Waals surface area (Å²) in [6.45, 7) is 5.94. The lowest BCUT2D eigenvalue weighted by Gasteiger charge is -2.12. The molecule has 0 aliphatic carbocycles. The number of aromatic nitrogens is 2. The minimum atomic E-state index is -0.471. The quantitative estimate of drug-likeness (QED) is 0.232. The summed E-state index contributed by atoms with van der Waals surface area (Å²) in [4.78, 5) is 28.6. The van der Waals surface area contributed by atoms with Crippen LogP contribution in [0.1, 0.15) is 57.4 Å². The number of rotatable bonds is 8. The fourth-order valence-corrected chi connectivity index (χ4v) is 4.37. The number of hydrogen-bond donors (Lipinski definition) is 1. The van der Waals surface area contributed by atoms with E-state index in [2.05, 4.69) is 20.2 Å². The second-order valence-electron chi connectivity index (χ2n) is 8.77. The van der Waals surface area contributed by atoms with Gasteiger partial charge in [-0.25, -0.2) is 9.78 Å². The molecule has 0 radical (unpaired) electrons. The van der Waals surface area contributed by atoms with Gasteiger partial charge in [0.25, 0.3) is 5.91 Å². The van der Waals surface area contributed by atoms with Crippen molar-refractivity contribution >= 4 is 40.8 Å². The number of methoxy groups -OCH3 is 1. The fourth-order valence-electron chi connectivity index (χ4n) is 3.79. The summed E-state index contributed by atoms with van der Waals surface area (Å²) in [5, 5.41) is 7.97. The lowest BCUT2D eigenvalue weighted by atomic mass is 10.0. The molecule has 10 heteroatoms. The topological polar surface area (TPSA) is 104 Å². The Hall–Kier alpha value is -3.88. The molecular formula is C28H25Cl2N3O5. The van der Waals surface area contributed by atoms with Gasteiger partial charge >= 0.3 is 5.97 Å². The Balaban J connectivity index is 1.50.